The van der Waals surface area contributed by atoms with Crippen LogP contribution in [0.5, 0.6) is 5.75 Å². The first kappa shape index (κ1) is 21.6. The molecule has 1 saturated heterocycles. The zero-order valence-electron chi connectivity index (χ0n) is 17.6. The fourth-order valence-electron chi connectivity index (χ4n) is 3.92. The van der Waals surface area contributed by atoms with Crippen LogP contribution in [-0.4, -0.2) is 70.2 Å². The SMILES string of the molecule is CNc1nc(Nc2ccc([PH]3(O)CCN(C(C)=O)CC3)cc2OC)nc2[nH]cc(Cl)c12. The molecule has 0 atom stereocenters. The summed E-state index contributed by atoms with van der Waals surface area (Å²) in [7, 11) is 0.682. The van der Waals surface area contributed by atoms with Crippen LogP contribution in [0.15, 0.2) is 24.4 Å². The van der Waals surface area contributed by atoms with Crippen molar-refractivity contribution in [2.75, 3.05) is 50.2 Å². The number of carbonyl (C=O) groups excluding carboxylic acids is 1. The van der Waals surface area contributed by atoms with Crippen molar-refractivity contribution in [3.05, 3.63) is 29.4 Å². The molecule has 1 fully saturated rings. The number of rotatable bonds is 5. The number of hydrogen-bond donors (Lipinski definition) is 4. The number of nitrogens with zero attached hydrogens (tertiary/aromatic N) is 3. The number of amides is 1. The van der Waals surface area contributed by atoms with Crippen molar-refractivity contribution in [3.63, 3.8) is 0 Å². The topological polar surface area (TPSA) is 115 Å². The molecular weight excluding hydrogens is 439 g/mol. The van der Waals surface area contributed by atoms with Crippen LogP contribution >= 0.6 is 19.1 Å². The fourth-order valence-corrected chi connectivity index (χ4v) is 7.05. The van der Waals surface area contributed by atoms with Gasteiger partial charge in [0.2, 0.25) is 0 Å². The van der Waals surface area contributed by atoms with E-state index in [1.165, 1.54) is 0 Å². The molecule has 1 aliphatic heterocycles. The van der Waals surface area contributed by atoms with Gasteiger partial charge >= 0.3 is 185 Å². The van der Waals surface area contributed by atoms with Crippen LogP contribution in [0.25, 0.3) is 11.0 Å². The van der Waals surface area contributed by atoms with Gasteiger partial charge in [-0.1, -0.05) is 0 Å². The van der Waals surface area contributed by atoms with Crippen molar-refractivity contribution in [2.24, 2.45) is 0 Å². The molecule has 1 aromatic carbocycles. The van der Waals surface area contributed by atoms with E-state index in [9.17, 15) is 9.69 Å². The van der Waals surface area contributed by atoms with Crippen molar-refractivity contribution < 1.29 is 14.4 Å². The molecule has 3 heterocycles. The van der Waals surface area contributed by atoms with Gasteiger partial charge in [0, 0.05) is 0 Å². The molecule has 0 bridgehead atoms. The van der Waals surface area contributed by atoms with Gasteiger partial charge in [-0.2, -0.15) is 0 Å². The third-order valence-corrected chi connectivity index (χ3v) is 9.53. The summed E-state index contributed by atoms with van der Waals surface area (Å²) in [6.45, 7) is 2.73. The second-order valence-corrected chi connectivity index (χ2v) is 11.6. The molecule has 166 valence electrons. The van der Waals surface area contributed by atoms with E-state index < -0.39 is 7.49 Å². The van der Waals surface area contributed by atoms with Crippen LogP contribution < -0.4 is 20.7 Å². The summed E-state index contributed by atoms with van der Waals surface area (Å²) in [5.74, 6) is 1.63. The van der Waals surface area contributed by atoms with Crippen molar-refractivity contribution in [2.45, 2.75) is 6.92 Å². The van der Waals surface area contributed by atoms with Crippen molar-refractivity contribution in [1.29, 1.82) is 0 Å². The Morgan fingerprint density at radius 1 is 1.32 bits per heavy atom. The van der Waals surface area contributed by atoms with Crippen LogP contribution in [0.4, 0.5) is 17.5 Å². The average Bonchev–Trinajstić information content (AvgIpc) is 3.14. The second-order valence-electron chi connectivity index (χ2n) is 7.58. The standard InChI is InChI=1S/C20H26ClN6O3P/c1-12(28)27-6-8-31(29,9-7-27)13-4-5-15(16(10-13)30-3)24-20-25-18(22-2)17-14(21)11-23-19(17)26-20/h4-5,10-11,29,31H,6-9H2,1-3H3,(H3,22,23,24,25,26). The van der Waals surface area contributed by atoms with Crippen molar-refractivity contribution in [1.82, 2.24) is 19.9 Å². The maximum atomic E-state index is 11.6. The summed E-state index contributed by atoms with van der Waals surface area (Å²) >= 11 is 6.21. The number of aromatic nitrogens is 3. The second kappa shape index (κ2) is 8.49. The zero-order valence-corrected chi connectivity index (χ0v) is 19.4. The van der Waals surface area contributed by atoms with Gasteiger partial charge in [0.05, 0.1) is 0 Å². The predicted molar refractivity (Wildman–Crippen MR) is 127 cm³/mol. The number of ether oxygens (including phenoxy) is 1. The van der Waals surface area contributed by atoms with Gasteiger partial charge in [-0.15, -0.1) is 0 Å². The van der Waals surface area contributed by atoms with Gasteiger partial charge in [0.15, 0.2) is 0 Å². The first-order valence-corrected chi connectivity index (χ1v) is 12.7. The van der Waals surface area contributed by atoms with E-state index in [1.807, 2.05) is 18.2 Å². The molecule has 1 amide bonds. The summed E-state index contributed by atoms with van der Waals surface area (Å²) in [5.41, 5.74) is 1.30. The third-order valence-electron chi connectivity index (χ3n) is 5.74. The Morgan fingerprint density at radius 3 is 2.71 bits per heavy atom. The van der Waals surface area contributed by atoms with Crippen molar-refractivity contribution >= 4 is 58.8 Å². The van der Waals surface area contributed by atoms with Crippen LogP contribution in [0.1, 0.15) is 6.92 Å². The maximum absolute atomic E-state index is 11.6. The Balaban J connectivity index is 1.61. The number of methoxy groups -OCH3 is 1. The number of carbonyl (C=O) groups is 1. The van der Waals surface area contributed by atoms with E-state index in [-0.39, 0.29) is 5.91 Å². The minimum absolute atomic E-state index is 0.0504. The molecule has 3 aromatic rings. The number of halogens is 1. The summed E-state index contributed by atoms with van der Waals surface area (Å²) < 4.78 is 5.59. The molecule has 11 heteroatoms. The molecule has 0 aliphatic carbocycles. The van der Waals surface area contributed by atoms with E-state index in [2.05, 4.69) is 25.6 Å². The minimum atomic E-state index is -2.67. The summed E-state index contributed by atoms with van der Waals surface area (Å²) in [6.07, 6.45) is 2.90. The van der Waals surface area contributed by atoms with Crippen LogP contribution in [0, 0.1) is 0 Å². The fraction of sp³-hybridized carbons (Fsp3) is 0.350. The number of aromatic amines is 1. The van der Waals surface area contributed by atoms with E-state index in [4.69, 9.17) is 16.3 Å². The van der Waals surface area contributed by atoms with Gasteiger partial charge in [-0.05, 0) is 0 Å². The Hall–Kier alpha value is -2.61. The molecule has 0 spiro atoms. The number of fused-ring (bicyclic) bond motifs is 1. The molecular formula is C20H26ClN6O3P. The van der Waals surface area contributed by atoms with Gasteiger partial charge in [-0.25, -0.2) is 0 Å². The molecule has 2 aromatic heterocycles. The van der Waals surface area contributed by atoms with Gasteiger partial charge in [0.25, 0.3) is 0 Å². The average molecular weight is 465 g/mol. The molecule has 0 radical (unpaired) electrons. The van der Waals surface area contributed by atoms with Crippen LogP contribution in [0.3, 0.4) is 0 Å². The first-order chi connectivity index (χ1) is 14.8. The molecule has 1 aliphatic rings. The summed E-state index contributed by atoms with van der Waals surface area (Å²) in [6, 6.07) is 5.66. The summed E-state index contributed by atoms with van der Waals surface area (Å²) in [5, 5.41) is 8.39. The Kier molecular flexibility index (Phi) is 5.92. The zero-order chi connectivity index (χ0) is 22.2. The van der Waals surface area contributed by atoms with Gasteiger partial charge in [-0.3, -0.25) is 0 Å². The van der Waals surface area contributed by atoms with Crippen LogP contribution in [0.2, 0.25) is 5.02 Å². The molecule has 0 saturated carbocycles. The Labute approximate surface area is 185 Å². The summed E-state index contributed by atoms with van der Waals surface area (Å²) in [4.78, 5) is 36.7. The number of nitrogens with one attached hydrogen (secondary N) is 3. The molecule has 31 heavy (non-hydrogen) atoms. The molecule has 4 rings (SSSR count). The number of anilines is 3. The van der Waals surface area contributed by atoms with E-state index in [0.29, 0.717) is 59.3 Å². The quantitative estimate of drug-likeness (QED) is 0.429. The van der Waals surface area contributed by atoms with E-state index >= 15 is 0 Å². The Morgan fingerprint density at radius 2 is 2.06 bits per heavy atom. The number of benzene rings is 1. The normalized spacial score (nSPS) is 16.7. The van der Waals surface area contributed by atoms with E-state index in [0.717, 1.165) is 10.7 Å². The van der Waals surface area contributed by atoms with Crippen LogP contribution in [-0.2, 0) is 4.79 Å². The third kappa shape index (κ3) is 4.13. The van der Waals surface area contributed by atoms with Gasteiger partial charge in [0.1, 0.15) is 0 Å². The van der Waals surface area contributed by atoms with Crippen molar-refractivity contribution in [3.8, 4) is 5.75 Å². The number of H-pyrrole nitrogens is 1. The molecule has 4 N–H and O–H groups in total. The monoisotopic (exact) mass is 464 g/mol. The van der Waals surface area contributed by atoms with E-state index in [1.54, 1.807) is 32.2 Å². The predicted octanol–water partition coefficient (Wildman–Crippen LogP) is 2.55. The van der Waals surface area contributed by atoms with Gasteiger partial charge < -0.3 is 0 Å². The number of hydrogen-bond acceptors (Lipinski definition) is 7. The Bertz CT molecular complexity index is 1130. The molecule has 0 unspecified atom stereocenters. The first-order valence-electron chi connectivity index (χ1n) is 10.0. The molecule has 9 nitrogen and oxygen atoms in total.